The van der Waals surface area contributed by atoms with Gasteiger partial charge in [0, 0.05) is 42.6 Å². The highest BCUT2D eigenvalue weighted by Gasteiger charge is 2.33. The van der Waals surface area contributed by atoms with Crippen LogP contribution in [0.15, 0.2) is 79.1 Å². The van der Waals surface area contributed by atoms with Crippen LogP contribution in [0.1, 0.15) is 48.0 Å². The fraction of sp³-hybridized carbons (Fsp3) is 0.344. The number of imidazole rings is 1. The van der Waals surface area contributed by atoms with Crippen LogP contribution in [0, 0.1) is 0 Å². The van der Waals surface area contributed by atoms with Gasteiger partial charge < -0.3 is 14.5 Å². The van der Waals surface area contributed by atoms with Crippen molar-refractivity contribution in [2.45, 2.75) is 44.6 Å². The minimum absolute atomic E-state index is 0.0411. The third-order valence-electron chi connectivity index (χ3n) is 7.80. The number of aromatic nitrogens is 2. The van der Waals surface area contributed by atoms with Gasteiger partial charge in [0.2, 0.25) is 5.91 Å². The fourth-order valence-electron chi connectivity index (χ4n) is 5.65. The zero-order valence-corrected chi connectivity index (χ0v) is 23.4. The number of carbonyl (C=O) groups excluding carboxylic acids is 2. The van der Waals surface area contributed by atoms with Gasteiger partial charge in [0.15, 0.2) is 0 Å². The Morgan fingerprint density at radius 2 is 1.70 bits per heavy atom. The molecule has 206 valence electrons. The van der Waals surface area contributed by atoms with Crippen LogP contribution < -0.4 is 9.64 Å². The summed E-state index contributed by atoms with van der Waals surface area (Å²) in [5, 5.41) is 0. The van der Waals surface area contributed by atoms with Crippen LogP contribution in [0.3, 0.4) is 0 Å². The van der Waals surface area contributed by atoms with Crippen LogP contribution in [0.25, 0.3) is 11.0 Å². The van der Waals surface area contributed by atoms with Crippen LogP contribution in [0.4, 0.5) is 5.69 Å². The maximum absolute atomic E-state index is 13.2. The van der Waals surface area contributed by atoms with E-state index in [9.17, 15) is 9.59 Å². The Morgan fingerprint density at radius 3 is 2.55 bits per heavy atom. The molecule has 7 nitrogen and oxygen atoms in total. The summed E-state index contributed by atoms with van der Waals surface area (Å²) in [4.78, 5) is 34.3. The molecule has 0 radical (unpaired) electrons. The number of aryl methyl sites for hydroxylation is 1. The van der Waals surface area contributed by atoms with Gasteiger partial charge >= 0.3 is 0 Å². The van der Waals surface area contributed by atoms with Crippen LogP contribution in [-0.2, 0) is 11.2 Å². The number of hydrogen-bond acceptors (Lipinski definition) is 5. The van der Waals surface area contributed by atoms with E-state index in [4.69, 9.17) is 4.74 Å². The van der Waals surface area contributed by atoms with E-state index in [0.29, 0.717) is 31.7 Å². The quantitative estimate of drug-likeness (QED) is 0.238. The lowest BCUT2D eigenvalue weighted by Gasteiger charge is -2.41. The summed E-state index contributed by atoms with van der Waals surface area (Å²) in [5.41, 5.74) is 5.12. The summed E-state index contributed by atoms with van der Waals surface area (Å²) < 4.78 is 8.05. The molecule has 3 aromatic carbocycles. The Kier molecular flexibility index (Phi) is 8.04. The van der Waals surface area contributed by atoms with Crippen molar-refractivity contribution in [2.24, 2.45) is 0 Å². The number of rotatable bonds is 9. The van der Waals surface area contributed by atoms with Gasteiger partial charge in [-0.1, -0.05) is 30.3 Å². The average molecular weight is 555 g/mol. The summed E-state index contributed by atoms with van der Waals surface area (Å²) in [6, 6.07) is 24.0. The molecular weight excluding hydrogens is 520 g/mol. The number of amides is 2. The van der Waals surface area contributed by atoms with Crippen molar-refractivity contribution < 1.29 is 14.3 Å². The van der Waals surface area contributed by atoms with Gasteiger partial charge in [-0.3, -0.25) is 13.6 Å². The second kappa shape index (κ2) is 12.2. The number of fused-ring (bicyclic) bond motifs is 2. The molecule has 0 N–H and O–H groups in total. The largest absolute Gasteiger partial charge is 0.494 e. The maximum Gasteiger partial charge on any atom is 0.253 e. The standard InChI is InChI=1S/C32H34N4O3S/c37-31-16-13-24-7-1-3-9-29(24)36(31)26-17-19-34(20-18-26)32(38)25-11-14-27(15-12-25)39-21-5-6-22-40-35-23-33-28-8-2-4-10-30(28)35/h1-4,7-12,14-15,23,26H,5-6,13,16-22H2. The first-order valence-corrected chi connectivity index (χ1v) is 15.1. The van der Waals surface area contributed by atoms with Gasteiger partial charge in [0.25, 0.3) is 5.91 Å². The first-order chi connectivity index (χ1) is 19.7. The van der Waals surface area contributed by atoms with Crippen molar-refractivity contribution in [1.29, 1.82) is 0 Å². The number of ether oxygens (including phenoxy) is 1. The van der Waals surface area contributed by atoms with Gasteiger partial charge in [0.05, 0.1) is 17.6 Å². The normalized spacial score (nSPS) is 15.8. The topological polar surface area (TPSA) is 67.7 Å². The number of benzene rings is 3. The lowest BCUT2D eigenvalue weighted by molar-refractivity contribution is -0.119. The minimum atomic E-state index is 0.0411. The Bertz CT molecular complexity index is 1480. The molecule has 40 heavy (non-hydrogen) atoms. The molecule has 1 aromatic heterocycles. The van der Waals surface area contributed by atoms with Gasteiger partial charge in [0.1, 0.15) is 12.1 Å². The summed E-state index contributed by atoms with van der Waals surface area (Å²) in [7, 11) is 0. The Morgan fingerprint density at radius 1 is 0.925 bits per heavy atom. The monoisotopic (exact) mass is 554 g/mol. The third-order valence-corrected chi connectivity index (χ3v) is 8.85. The number of nitrogens with zero attached hydrogens (tertiary/aromatic N) is 4. The number of likely N-dealkylation sites (tertiary alicyclic amines) is 1. The number of piperidine rings is 1. The molecule has 0 aliphatic carbocycles. The van der Waals surface area contributed by atoms with Crippen molar-refractivity contribution >= 4 is 40.5 Å². The van der Waals surface area contributed by atoms with Gasteiger partial charge in [-0.15, -0.1) is 0 Å². The van der Waals surface area contributed by atoms with Gasteiger partial charge in [-0.05, 0) is 92.1 Å². The van der Waals surface area contributed by atoms with Crippen molar-refractivity contribution in [3.05, 3.63) is 90.3 Å². The van der Waals surface area contributed by atoms with Crippen LogP contribution in [0.5, 0.6) is 5.75 Å². The molecule has 2 aliphatic heterocycles. The second-order valence-corrected chi connectivity index (χ2v) is 11.4. The molecular formula is C32H34N4O3S. The van der Waals surface area contributed by atoms with E-state index in [0.717, 1.165) is 60.3 Å². The van der Waals surface area contributed by atoms with Crippen molar-refractivity contribution in [1.82, 2.24) is 13.9 Å². The molecule has 0 atom stereocenters. The summed E-state index contributed by atoms with van der Waals surface area (Å²) in [6.45, 7) is 1.95. The minimum Gasteiger partial charge on any atom is -0.494 e. The molecule has 6 rings (SSSR count). The molecule has 0 unspecified atom stereocenters. The summed E-state index contributed by atoms with van der Waals surface area (Å²) in [6.07, 6.45) is 6.84. The van der Waals surface area contributed by atoms with Crippen LogP contribution >= 0.6 is 11.9 Å². The summed E-state index contributed by atoms with van der Waals surface area (Å²) >= 11 is 1.76. The van der Waals surface area contributed by atoms with E-state index < -0.39 is 0 Å². The van der Waals surface area contributed by atoms with Crippen LogP contribution in [-0.4, -0.2) is 57.2 Å². The number of unbranched alkanes of at least 4 members (excludes halogenated alkanes) is 1. The van der Waals surface area contributed by atoms with Crippen LogP contribution in [0.2, 0.25) is 0 Å². The number of anilines is 1. The van der Waals surface area contributed by atoms with E-state index in [1.165, 1.54) is 5.56 Å². The van der Waals surface area contributed by atoms with Gasteiger partial charge in [-0.2, -0.15) is 0 Å². The number of hydrogen-bond donors (Lipinski definition) is 0. The highest BCUT2D eigenvalue weighted by atomic mass is 32.2. The average Bonchev–Trinajstić information content (AvgIpc) is 3.42. The molecule has 2 amide bonds. The molecule has 0 bridgehead atoms. The lowest BCUT2D eigenvalue weighted by atomic mass is 9.95. The zero-order chi connectivity index (χ0) is 27.3. The zero-order valence-electron chi connectivity index (χ0n) is 22.6. The lowest BCUT2D eigenvalue weighted by Crippen LogP contribution is -2.50. The Labute approximate surface area is 239 Å². The van der Waals surface area contributed by atoms with E-state index in [-0.39, 0.29) is 17.9 Å². The molecule has 3 heterocycles. The third kappa shape index (κ3) is 5.72. The first kappa shape index (κ1) is 26.4. The SMILES string of the molecule is O=C(c1ccc(OCCCCSn2cnc3ccccc32)cc1)N1CCC(N2C(=O)CCc3ccccc32)CC1. The molecule has 1 saturated heterocycles. The van der Waals surface area contributed by atoms with E-state index >= 15 is 0 Å². The highest BCUT2D eigenvalue weighted by Crippen LogP contribution is 2.32. The first-order valence-electron chi connectivity index (χ1n) is 14.1. The molecule has 4 aromatic rings. The number of carbonyl (C=O) groups is 2. The second-order valence-electron chi connectivity index (χ2n) is 10.4. The van der Waals surface area contributed by atoms with E-state index in [1.54, 1.807) is 11.9 Å². The summed E-state index contributed by atoms with van der Waals surface area (Å²) in [5.74, 6) is 2.02. The predicted octanol–water partition coefficient (Wildman–Crippen LogP) is 5.98. The molecule has 2 aliphatic rings. The molecule has 0 spiro atoms. The highest BCUT2D eigenvalue weighted by molar-refractivity contribution is 7.97. The molecule has 0 saturated carbocycles. The predicted molar refractivity (Wildman–Crippen MR) is 160 cm³/mol. The Balaban J connectivity index is 0.937. The van der Waals surface area contributed by atoms with Gasteiger partial charge in [-0.25, -0.2) is 4.98 Å². The van der Waals surface area contributed by atoms with Crippen molar-refractivity contribution in [3.63, 3.8) is 0 Å². The van der Waals surface area contributed by atoms with E-state index in [2.05, 4.69) is 27.2 Å². The smallest absolute Gasteiger partial charge is 0.253 e. The Hall–Kier alpha value is -3.78. The van der Waals surface area contributed by atoms with Crippen molar-refractivity contribution in [3.8, 4) is 5.75 Å². The molecule has 1 fully saturated rings. The fourth-order valence-corrected chi connectivity index (χ4v) is 6.59. The van der Waals surface area contributed by atoms with E-state index in [1.807, 2.05) is 70.7 Å². The van der Waals surface area contributed by atoms with Crippen molar-refractivity contribution in [2.75, 3.05) is 30.3 Å². The molecule has 8 heteroatoms. The number of para-hydroxylation sites is 3. The maximum atomic E-state index is 13.2.